The lowest BCUT2D eigenvalue weighted by molar-refractivity contribution is -0.116. The molecule has 1 N–H and O–H groups in total. The summed E-state index contributed by atoms with van der Waals surface area (Å²) in [7, 11) is -3.74. The van der Waals surface area contributed by atoms with E-state index in [0.29, 0.717) is 24.6 Å². The van der Waals surface area contributed by atoms with Crippen molar-refractivity contribution in [1.29, 1.82) is 0 Å². The van der Waals surface area contributed by atoms with Crippen molar-refractivity contribution in [3.8, 4) is 5.75 Å². The summed E-state index contributed by atoms with van der Waals surface area (Å²) in [6.45, 7) is 6.62. The van der Waals surface area contributed by atoms with Crippen LogP contribution in [0, 0.1) is 0 Å². The highest BCUT2D eigenvalue weighted by Gasteiger charge is 2.27. The predicted octanol–water partition coefficient (Wildman–Crippen LogP) is 3.41. The highest BCUT2D eigenvalue weighted by atomic mass is 32.2. The Balaban J connectivity index is 1.85. The van der Waals surface area contributed by atoms with Gasteiger partial charge in [-0.3, -0.25) is 4.79 Å². The molecule has 0 saturated heterocycles. The van der Waals surface area contributed by atoms with Crippen LogP contribution in [-0.2, 0) is 21.4 Å². The van der Waals surface area contributed by atoms with Gasteiger partial charge in [-0.1, -0.05) is 25.1 Å². The number of rotatable bonds is 6. The van der Waals surface area contributed by atoms with Gasteiger partial charge in [0.15, 0.2) is 0 Å². The molecule has 0 saturated carbocycles. The first-order chi connectivity index (χ1) is 13.3. The van der Waals surface area contributed by atoms with Gasteiger partial charge in [0.2, 0.25) is 15.9 Å². The number of thioether (sulfide) groups is 1. The zero-order valence-corrected chi connectivity index (χ0v) is 17.8. The van der Waals surface area contributed by atoms with Gasteiger partial charge >= 0.3 is 0 Å². The van der Waals surface area contributed by atoms with Gasteiger partial charge in [0, 0.05) is 35.7 Å². The van der Waals surface area contributed by atoms with Gasteiger partial charge in [0.25, 0.3) is 0 Å². The Kier molecular flexibility index (Phi) is 6.32. The molecule has 3 rings (SSSR count). The molecule has 1 aliphatic heterocycles. The maximum Gasteiger partial charge on any atom is 0.240 e. The number of fused-ring (bicyclic) bond motifs is 1. The number of anilines is 1. The van der Waals surface area contributed by atoms with Crippen LogP contribution in [0.2, 0.25) is 0 Å². The highest BCUT2D eigenvalue weighted by molar-refractivity contribution is 8.00. The van der Waals surface area contributed by atoms with Crippen LogP contribution < -0.4 is 14.4 Å². The minimum absolute atomic E-state index is 0.0958. The average molecular weight is 421 g/mol. The van der Waals surface area contributed by atoms with Crippen LogP contribution in [0.1, 0.15) is 26.3 Å². The highest BCUT2D eigenvalue weighted by Crippen LogP contribution is 2.39. The van der Waals surface area contributed by atoms with Gasteiger partial charge in [-0.15, -0.1) is 11.8 Å². The van der Waals surface area contributed by atoms with E-state index in [-0.39, 0.29) is 22.6 Å². The lowest BCUT2D eigenvalue weighted by Crippen LogP contribution is -2.37. The number of hydrogen-bond acceptors (Lipinski definition) is 5. The van der Waals surface area contributed by atoms with Crippen molar-refractivity contribution in [2.24, 2.45) is 0 Å². The van der Waals surface area contributed by atoms with Gasteiger partial charge in [0.1, 0.15) is 5.75 Å². The first kappa shape index (κ1) is 20.7. The van der Waals surface area contributed by atoms with Crippen molar-refractivity contribution in [2.45, 2.75) is 42.4 Å². The number of nitrogens with one attached hydrogen (secondary N) is 1. The van der Waals surface area contributed by atoms with Crippen LogP contribution in [0.5, 0.6) is 5.75 Å². The second-order valence-corrected chi connectivity index (χ2v) is 9.80. The zero-order chi connectivity index (χ0) is 20.3. The van der Waals surface area contributed by atoms with E-state index in [2.05, 4.69) is 4.72 Å². The van der Waals surface area contributed by atoms with E-state index in [0.717, 1.165) is 10.5 Å². The van der Waals surface area contributed by atoms with Crippen LogP contribution in [0.3, 0.4) is 0 Å². The molecular formula is C20H24N2O4S2. The Hall–Kier alpha value is -2.03. The normalized spacial score (nSPS) is 16.5. The van der Waals surface area contributed by atoms with Crippen LogP contribution in [0.25, 0.3) is 0 Å². The molecule has 2 aromatic rings. The van der Waals surface area contributed by atoms with Gasteiger partial charge in [-0.05, 0) is 31.2 Å². The molecule has 150 valence electrons. The number of nitrogens with zero attached hydrogens (tertiary/aromatic N) is 1. The number of hydrogen-bond donors (Lipinski definition) is 1. The molecule has 0 radical (unpaired) electrons. The molecule has 1 aliphatic rings. The molecule has 0 aromatic heterocycles. The second kappa shape index (κ2) is 8.55. The predicted molar refractivity (Wildman–Crippen MR) is 111 cm³/mol. The number of sulfonamides is 1. The molecule has 2 aromatic carbocycles. The Morgan fingerprint density at radius 3 is 2.75 bits per heavy atom. The summed E-state index contributed by atoms with van der Waals surface area (Å²) in [6.07, 6.45) is 0. The summed E-state index contributed by atoms with van der Waals surface area (Å²) in [4.78, 5) is 14.7. The molecule has 8 heteroatoms. The fourth-order valence-corrected chi connectivity index (χ4v) is 5.20. The topological polar surface area (TPSA) is 75.7 Å². The fourth-order valence-electron chi connectivity index (χ4n) is 3.08. The Labute approximate surface area is 170 Å². The van der Waals surface area contributed by atoms with Crippen LogP contribution in [0.4, 0.5) is 5.69 Å². The SMILES string of the molecule is CCOc1ccccc1CNS(=O)(=O)c1ccc2c(c1)N(C(C)=O)CC(C)S2. The van der Waals surface area contributed by atoms with E-state index in [1.54, 1.807) is 34.9 Å². The number of amides is 1. The number of para-hydroxylation sites is 1. The molecule has 28 heavy (non-hydrogen) atoms. The first-order valence-electron chi connectivity index (χ1n) is 9.11. The van der Waals surface area contributed by atoms with Gasteiger partial charge in [0.05, 0.1) is 17.2 Å². The van der Waals surface area contributed by atoms with Crippen molar-refractivity contribution >= 4 is 33.4 Å². The summed E-state index contributed by atoms with van der Waals surface area (Å²) < 4.78 is 33.9. The standard InChI is InChI=1S/C20H24N2O4S2/c1-4-26-19-8-6-5-7-16(19)12-21-28(24,25)17-9-10-20-18(11-17)22(15(3)23)13-14(2)27-20/h5-11,14,21H,4,12-13H2,1-3H3. The summed E-state index contributed by atoms with van der Waals surface area (Å²) in [5.41, 5.74) is 1.41. The smallest absolute Gasteiger partial charge is 0.240 e. The molecule has 1 atom stereocenters. The van der Waals surface area contributed by atoms with Crippen molar-refractivity contribution < 1.29 is 17.9 Å². The quantitative estimate of drug-likeness (QED) is 0.775. The molecule has 6 nitrogen and oxygen atoms in total. The minimum atomic E-state index is -3.74. The summed E-state index contributed by atoms with van der Waals surface area (Å²) in [5.74, 6) is 0.563. The van der Waals surface area contributed by atoms with Crippen LogP contribution in [-0.4, -0.2) is 32.7 Å². The lowest BCUT2D eigenvalue weighted by atomic mass is 10.2. The number of benzene rings is 2. The number of carbonyl (C=O) groups excluding carboxylic acids is 1. The molecule has 0 fully saturated rings. The van der Waals surface area contributed by atoms with E-state index in [1.165, 1.54) is 6.92 Å². The Morgan fingerprint density at radius 1 is 1.29 bits per heavy atom. The van der Waals surface area contributed by atoms with Gasteiger partial charge < -0.3 is 9.64 Å². The molecule has 0 aliphatic carbocycles. The zero-order valence-electron chi connectivity index (χ0n) is 16.1. The summed E-state index contributed by atoms with van der Waals surface area (Å²) >= 11 is 1.64. The van der Waals surface area contributed by atoms with E-state index in [1.807, 2.05) is 38.1 Å². The third kappa shape index (κ3) is 4.51. The first-order valence-corrected chi connectivity index (χ1v) is 11.5. The molecular weight excluding hydrogens is 396 g/mol. The number of carbonyl (C=O) groups is 1. The van der Waals surface area contributed by atoms with E-state index in [9.17, 15) is 13.2 Å². The summed E-state index contributed by atoms with van der Waals surface area (Å²) in [6, 6.07) is 12.3. The average Bonchev–Trinajstić information content (AvgIpc) is 2.66. The van der Waals surface area contributed by atoms with Crippen molar-refractivity contribution in [2.75, 3.05) is 18.1 Å². The largest absolute Gasteiger partial charge is 0.494 e. The second-order valence-electron chi connectivity index (χ2n) is 6.55. The van der Waals surface area contributed by atoms with Crippen LogP contribution >= 0.6 is 11.8 Å². The van der Waals surface area contributed by atoms with E-state index < -0.39 is 10.0 Å². The third-order valence-corrected chi connectivity index (χ3v) is 6.95. The lowest BCUT2D eigenvalue weighted by Gasteiger charge is -2.32. The van der Waals surface area contributed by atoms with Crippen molar-refractivity contribution in [3.05, 3.63) is 48.0 Å². The summed E-state index contributed by atoms with van der Waals surface area (Å²) in [5, 5.41) is 0.257. The van der Waals surface area contributed by atoms with Gasteiger partial charge in [-0.2, -0.15) is 0 Å². The maximum absolute atomic E-state index is 12.8. The molecule has 1 amide bonds. The van der Waals surface area contributed by atoms with Crippen molar-refractivity contribution in [3.63, 3.8) is 0 Å². The van der Waals surface area contributed by atoms with Crippen LogP contribution in [0.15, 0.2) is 52.3 Å². The molecule has 1 unspecified atom stereocenters. The molecule has 0 spiro atoms. The fraction of sp³-hybridized carbons (Fsp3) is 0.350. The van der Waals surface area contributed by atoms with E-state index >= 15 is 0 Å². The number of ether oxygens (including phenoxy) is 1. The monoisotopic (exact) mass is 420 g/mol. The Morgan fingerprint density at radius 2 is 2.04 bits per heavy atom. The molecule has 0 bridgehead atoms. The van der Waals surface area contributed by atoms with Gasteiger partial charge in [-0.25, -0.2) is 13.1 Å². The Bertz CT molecular complexity index is 976. The third-order valence-electron chi connectivity index (χ3n) is 4.40. The van der Waals surface area contributed by atoms with E-state index in [4.69, 9.17) is 4.74 Å². The minimum Gasteiger partial charge on any atom is -0.494 e. The molecule has 1 heterocycles. The van der Waals surface area contributed by atoms with Crippen molar-refractivity contribution in [1.82, 2.24) is 4.72 Å². The maximum atomic E-state index is 12.8.